The number of halogens is 1. The monoisotopic (exact) mass is 457 g/mol. The Morgan fingerprint density at radius 3 is 2.81 bits per heavy atom. The van der Waals surface area contributed by atoms with E-state index in [1.54, 1.807) is 34.3 Å². The third-order valence-corrected chi connectivity index (χ3v) is 6.39. The SMILES string of the molecule is COC(=O)c1cn([C@@H]2C[C@@H](C(=O)NCCc3ccc(F)cc3)N(Cc3cccs3)C2)nn1. The Balaban J connectivity index is 1.42. The highest BCUT2D eigenvalue weighted by atomic mass is 32.1. The van der Waals surface area contributed by atoms with E-state index in [4.69, 9.17) is 4.74 Å². The number of ether oxygens (including phenoxy) is 1. The molecule has 4 rings (SSSR count). The summed E-state index contributed by atoms with van der Waals surface area (Å²) in [6.45, 7) is 1.73. The van der Waals surface area contributed by atoms with Crippen molar-refractivity contribution >= 4 is 23.2 Å². The van der Waals surface area contributed by atoms with E-state index in [2.05, 4.69) is 20.5 Å². The first-order chi connectivity index (χ1) is 15.5. The van der Waals surface area contributed by atoms with E-state index in [9.17, 15) is 14.0 Å². The minimum Gasteiger partial charge on any atom is -0.464 e. The maximum absolute atomic E-state index is 13.1. The average Bonchev–Trinajstić information content (AvgIpc) is 3.55. The molecule has 2 aromatic heterocycles. The number of rotatable bonds is 8. The number of carbonyl (C=O) groups is 2. The van der Waals surface area contributed by atoms with Crippen LogP contribution >= 0.6 is 11.3 Å². The van der Waals surface area contributed by atoms with Crippen LogP contribution in [-0.4, -0.2) is 58.0 Å². The number of hydrogen-bond donors (Lipinski definition) is 1. The molecule has 1 N–H and O–H groups in total. The number of thiophene rings is 1. The molecule has 0 bridgehead atoms. The third kappa shape index (κ3) is 5.20. The van der Waals surface area contributed by atoms with Crippen molar-refractivity contribution in [2.24, 2.45) is 0 Å². The van der Waals surface area contributed by atoms with Gasteiger partial charge in [-0.3, -0.25) is 9.69 Å². The molecule has 10 heteroatoms. The van der Waals surface area contributed by atoms with Crippen molar-refractivity contribution < 1.29 is 18.7 Å². The van der Waals surface area contributed by atoms with E-state index in [1.165, 1.54) is 24.1 Å². The number of aromatic nitrogens is 3. The molecule has 1 saturated heterocycles. The van der Waals surface area contributed by atoms with Crippen molar-refractivity contribution in [3.63, 3.8) is 0 Å². The van der Waals surface area contributed by atoms with E-state index >= 15 is 0 Å². The van der Waals surface area contributed by atoms with Gasteiger partial charge in [0.25, 0.3) is 0 Å². The van der Waals surface area contributed by atoms with Crippen LogP contribution in [0.1, 0.15) is 33.4 Å². The molecule has 3 aromatic rings. The molecule has 3 heterocycles. The first-order valence-corrected chi connectivity index (χ1v) is 11.2. The van der Waals surface area contributed by atoms with Gasteiger partial charge in [-0.1, -0.05) is 23.4 Å². The van der Waals surface area contributed by atoms with Gasteiger partial charge in [-0.05, 0) is 42.0 Å². The number of amides is 1. The van der Waals surface area contributed by atoms with Crippen LogP contribution in [0.3, 0.4) is 0 Å². The Morgan fingerprint density at radius 1 is 1.28 bits per heavy atom. The fraction of sp³-hybridized carbons (Fsp3) is 0.364. The number of methoxy groups -OCH3 is 1. The highest BCUT2D eigenvalue weighted by Crippen LogP contribution is 2.29. The Labute approximate surface area is 189 Å². The van der Waals surface area contributed by atoms with E-state index in [0.717, 1.165) is 5.56 Å². The van der Waals surface area contributed by atoms with Gasteiger partial charge in [0.15, 0.2) is 5.69 Å². The zero-order chi connectivity index (χ0) is 22.5. The molecule has 32 heavy (non-hydrogen) atoms. The lowest BCUT2D eigenvalue weighted by Crippen LogP contribution is -2.43. The molecule has 1 aromatic carbocycles. The van der Waals surface area contributed by atoms with Crippen LogP contribution in [0.2, 0.25) is 0 Å². The van der Waals surface area contributed by atoms with Crippen LogP contribution in [0.4, 0.5) is 4.39 Å². The summed E-state index contributed by atoms with van der Waals surface area (Å²) in [5, 5.41) is 13.0. The van der Waals surface area contributed by atoms with Crippen molar-refractivity contribution in [1.82, 2.24) is 25.2 Å². The van der Waals surface area contributed by atoms with Crippen LogP contribution in [0.25, 0.3) is 0 Å². The van der Waals surface area contributed by atoms with Gasteiger partial charge in [0.1, 0.15) is 5.82 Å². The number of esters is 1. The number of nitrogens with zero attached hydrogens (tertiary/aromatic N) is 4. The van der Waals surface area contributed by atoms with Gasteiger partial charge in [0.05, 0.1) is 25.4 Å². The normalized spacial score (nSPS) is 18.6. The Morgan fingerprint density at radius 2 is 2.09 bits per heavy atom. The number of likely N-dealkylation sites (tertiary alicyclic amines) is 1. The quantitative estimate of drug-likeness (QED) is 0.523. The molecule has 1 amide bonds. The lowest BCUT2D eigenvalue weighted by molar-refractivity contribution is -0.125. The predicted molar refractivity (Wildman–Crippen MR) is 117 cm³/mol. The maximum Gasteiger partial charge on any atom is 0.360 e. The van der Waals surface area contributed by atoms with Crippen LogP contribution in [-0.2, 0) is 22.5 Å². The molecular weight excluding hydrogens is 433 g/mol. The van der Waals surface area contributed by atoms with Crippen molar-refractivity contribution in [3.8, 4) is 0 Å². The summed E-state index contributed by atoms with van der Waals surface area (Å²) >= 11 is 1.65. The molecule has 0 unspecified atom stereocenters. The first kappa shape index (κ1) is 22.1. The molecule has 0 saturated carbocycles. The number of hydrogen-bond acceptors (Lipinski definition) is 7. The van der Waals surface area contributed by atoms with Crippen molar-refractivity contribution in [2.45, 2.75) is 31.5 Å². The highest BCUT2D eigenvalue weighted by Gasteiger charge is 2.38. The van der Waals surface area contributed by atoms with Crippen molar-refractivity contribution in [1.29, 1.82) is 0 Å². The summed E-state index contributed by atoms with van der Waals surface area (Å²) in [4.78, 5) is 28.0. The maximum atomic E-state index is 13.1. The molecule has 8 nitrogen and oxygen atoms in total. The zero-order valence-corrected chi connectivity index (χ0v) is 18.4. The Bertz CT molecular complexity index is 1050. The molecule has 1 aliphatic heterocycles. The molecule has 2 atom stereocenters. The topological polar surface area (TPSA) is 89.4 Å². The van der Waals surface area contributed by atoms with Crippen molar-refractivity contribution in [3.05, 3.63) is 69.9 Å². The minimum absolute atomic E-state index is 0.0560. The van der Waals surface area contributed by atoms with Crippen LogP contribution in [0, 0.1) is 5.82 Å². The fourth-order valence-electron chi connectivity index (χ4n) is 3.87. The third-order valence-electron chi connectivity index (χ3n) is 5.53. The van der Waals surface area contributed by atoms with E-state index in [-0.39, 0.29) is 29.5 Å². The van der Waals surface area contributed by atoms with Crippen molar-refractivity contribution in [2.75, 3.05) is 20.2 Å². The number of benzene rings is 1. The summed E-state index contributed by atoms with van der Waals surface area (Å²) in [5.41, 5.74) is 1.11. The van der Waals surface area contributed by atoms with E-state index in [1.807, 2.05) is 17.5 Å². The lowest BCUT2D eigenvalue weighted by Gasteiger charge is -2.22. The lowest BCUT2D eigenvalue weighted by atomic mass is 10.1. The summed E-state index contributed by atoms with van der Waals surface area (Å²) < 4.78 is 19.4. The largest absolute Gasteiger partial charge is 0.464 e. The van der Waals surface area contributed by atoms with Gasteiger partial charge in [0, 0.05) is 24.5 Å². The second kappa shape index (κ2) is 10.0. The first-order valence-electron chi connectivity index (χ1n) is 10.3. The standard InChI is InChI=1S/C22H24FN5O3S/c1-31-22(30)19-14-28(26-25-19)17-11-20(27(12-17)13-18-3-2-10-32-18)21(29)24-9-8-15-4-6-16(23)7-5-15/h2-7,10,14,17,20H,8-9,11-13H2,1H3,(H,24,29)/t17-,20+/m1/s1. The van der Waals surface area contributed by atoms with Gasteiger partial charge in [0.2, 0.25) is 5.91 Å². The summed E-state index contributed by atoms with van der Waals surface area (Å²) in [6.07, 6.45) is 2.74. The highest BCUT2D eigenvalue weighted by molar-refractivity contribution is 7.09. The van der Waals surface area contributed by atoms with Crippen LogP contribution in [0.15, 0.2) is 48.0 Å². The number of nitrogens with one attached hydrogen (secondary N) is 1. The molecule has 1 fully saturated rings. The Hall–Kier alpha value is -3.11. The second-order valence-corrected chi connectivity index (χ2v) is 8.69. The van der Waals surface area contributed by atoms with E-state index in [0.29, 0.717) is 32.5 Å². The predicted octanol–water partition coefficient (Wildman–Crippen LogP) is 2.44. The summed E-state index contributed by atoms with van der Waals surface area (Å²) in [7, 11) is 1.30. The van der Waals surface area contributed by atoms with Gasteiger partial charge < -0.3 is 10.1 Å². The smallest absolute Gasteiger partial charge is 0.360 e. The molecular formula is C22H24FN5O3S. The summed E-state index contributed by atoms with van der Waals surface area (Å²) in [5.74, 6) is -0.873. The Kier molecular flexibility index (Phi) is 6.91. The number of carbonyl (C=O) groups excluding carboxylic acids is 2. The van der Waals surface area contributed by atoms with Gasteiger partial charge in [-0.15, -0.1) is 16.4 Å². The average molecular weight is 458 g/mol. The summed E-state index contributed by atoms with van der Waals surface area (Å²) in [6, 6.07) is 9.90. The molecule has 0 aliphatic carbocycles. The van der Waals surface area contributed by atoms with Gasteiger partial charge in [-0.2, -0.15) is 0 Å². The molecule has 1 aliphatic rings. The minimum atomic E-state index is -0.542. The van der Waals surface area contributed by atoms with Gasteiger partial charge >= 0.3 is 5.97 Å². The zero-order valence-electron chi connectivity index (χ0n) is 17.6. The van der Waals surface area contributed by atoms with Crippen LogP contribution < -0.4 is 5.32 Å². The fourth-order valence-corrected chi connectivity index (χ4v) is 4.60. The molecule has 168 valence electrons. The molecule has 0 spiro atoms. The van der Waals surface area contributed by atoms with E-state index < -0.39 is 5.97 Å². The van der Waals surface area contributed by atoms with Gasteiger partial charge in [-0.25, -0.2) is 13.9 Å². The van der Waals surface area contributed by atoms with Crippen LogP contribution in [0.5, 0.6) is 0 Å². The second-order valence-electron chi connectivity index (χ2n) is 7.66. The molecule has 0 radical (unpaired) electrons.